The Morgan fingerprint density at radius 1 is 1.35 bits per heavy atom. The molecule has 5 heteroatoms. The minimum absolute atomic E-state index is 0.497. The minimum Gasteiger partial charge on any atom is -0.368 e. The van der Waals surface area contributed by atoms with Gasteiger partial charge in [0.2, 0.25) is 5.95 Å². The van der Waals surface area contributed by atoms with Crippen molar-refractivity contribution in [2.24, 2.45) is 18.4 Å². The number of hydrogen-bond donors (Lipinski definition) is 1. The topological polar surface area (TPSA) is 56.7 Å². The van der Waals surface area contributed by atoms with Gasteiger partial charge in [0.15, 0.2) is 5.16 Å². The van der Waals surface area contributed by atoms with Crippen molar-refractivity contribution in [3.8, 4) is 0 Å². The van der Waals surface area contributed by atoms with Crippen molar-refractivity contribution >= 4 is 17.7 Å². The quantitative estimate of drug-likeness (QED) is 0.843. The highest BCUT2D eigenvalue weighted by atomic mass is 32.2. The van der Waals surface area contributed by atoms with E-state index in [1.54, 1.807) is 11.8 Å². The number of aromatic nitrogens is 3. The molecule has 1 fully saturated rings. The standard InChI is InChI=1S/C12H22N4S/c1-12(2)6-4-9(5-7-12)8-17-11-15-14-10(13)16(11)3/h9H,4-8H2,1-3H3,(H2,13,14). The van der Waals surface area contributed by atoms with Gasteiger partial charge < -0.3 is 5.73 Å². The maximum atomic E-state index is 5.66. The molecule has 1 saturated carbocycles. The summed E-state index contributed by atoms with van der Waals surface area (Å²) in [5, 5.41) is 8.89. The first-order valence-corrected chi connectivity index (χ1v) is 7.24. The summed E-state index contributed by atoms with van der Waals surface area (Å²) in [6.45, 7) is 4.75. The van der Waals surface area contributed by atoms with Gasteiger partial charge in [0, 0.05) is 12.8 Å². The number of thioether (sulfide) groups is 1. The monoisotopic (exact) mass is 254 g/mol. The molecule has 1 aliphatic rings. The third-order valence-electron chi connectivity index (χ3n) is 3.78. The average molecular weight is 254 g/mol. The molecule has 0 atom stereocenters. The Morgan fingerprint density at radius 2 is 2.00 bits per heavy atom. The Morgan fingerprint density at radius 3 is 2.53 bits per heavy atom. The van der Waals surface area contributed by atoms with E-state index in [2.05, 4.69) is 24.0 Å². The SMILES string of the molecule is Cn1c(N)nnc1SCC1CCC(C)(C)CC1. The summed E-state index contributed by atoms with van der Waals surface area (Å²) >= 11 is 1.78. The first kappa shape index (κ1) is 12.7. The van der Waals surface area contributed by atoms with Gasteiger partial charge in [-0.25, -0.2) is 0 Å². The summed E-state index contributed by atoms with van der Waals surface area (Å²) in [4.78, 5) is 0. The Bertz CT molecular complexity index is 376. The van der Waals surface area contributed by atoms with Crippen molar-refractivity contribution in [2.75, 3.05) is 11.5 Å². The first-order valence-electron chi connectivity index (χ1n) is 6.25. The molecule has 0 spiro atoms. The van der Waals surface area contributed by atoms with Crippen LogP contribution >= 0.6 is 11.8 Å². The molecule has 1 aromatic heterocycles. The molecule has 1 heterocycles. The summed E-state index contributed by atoms with van der Waals surface area (Å²) in [7, 11) is 1.92. The maximum absolute atomic E-state index is 5.66. The number of nitrogens with two attached hydrogens (primary N) is 1. The number of anilines is 1. The predicted molar refractivity (Wildman–Crippen MR) is 71.9 cm³/mol. The lowest BCUT2D eigenvalue weighted by molar-refractivity contribution is 0.203. The van der Waals surface area contributed by atoms with Gasteiger partial charge in [-0.15, -0.1) is 10.2 Å². The minimum atomic E-state index is 0.497. The first-order chi connectivity index (χ1) is 7.98. The van der Waals surface area contributed by atoms with E-state index in [4.69, 9.17) is 5.73 Å². The molecule has 2 rings (SSSR count). The van der Waals surface area contributed by atoms with Crippen LogP contribution in [0.1, 0.15) is 39.5 Å². The van der Waals surface area contributed by atoms with Gasteiger partial charge in [0.1, 0.15) is 0 Å². The van der Waals surface area contributed by atoms with Crippen molar-refractivity contribution in [2.45, 2.75) is 44.7 Å². The van der Waals surface area contributed by atoms with Crippen LogP contribution in [0.3, 0.4) is 0 Å². The number of rotatable bonds is 3. The van der Waals surface area contributed by atoms with Crippen LogP contribution < -0.4 is 5.73 Å². The summed E-state index contributed by atoms with van der Waals surface area (Å²) in [5.74, 6) is 2.46. The Hall–Kier alpha value is -0.710. The molecule has 0 saturated heterocycles. The van der Waals surface area contributed by atoms with Gasteiger partial charge in [-0.3, -0.25) is 4.57 Å². The van der Waals surface area contributed by atoms with E-state index >= 15 is 0 Å². The second kappa shape index (κ2) is 4.88. The molecule has 0 unspecified atom stereocenters. The second-order valence-corrected chi connectivity index (χ2v) is 6.81. The number of nitrogens with zero attached hydrogens (tertiary/aromatic N) is 3. The highest BCUT2D eigenvalue weighted by Crippen LogP contribution is 2.39. The molecule has 0 aromatic carbocycles. The zero-order valence-corrected chi connectivity index (χ0v) is 11.8. The molecule has 1 aromatic rings. The Kier molecular flexibility index (Phi) is 3.66. The van der Waals surface area contributed by atoms with E-state index in [1.165, 1.54) is 25.7 Å². The van der Waals surface area contributed by atoms with Crippen LogP contribution in [-0.2, 0) is 7.05 Å². The van der Waals surface area contributed by atoms with Crippen molar-refractivity contribution in [3.63, 3.8) is 0 Å². The van der Waals surface area contributed by atoms with Crippen LogP contribution in [0.4, 0.5) is 5.95 Å². The average Bonchev–Trinajstić information content (AvgIpc) is 2.59. The fraction of sp³-hybridized carbons (Fsp3) is 0.833. The molecule has 0 amide bonds. The summed E-state index contributed by atoms with van der Waals surface area (Å²) in [6, 6.07) is 0. The summed E-state index contributed by atoms with van der Waals surface area (Å²) in [5.41, 5.74) is 6.21. The lowest BCUT2D eigenvalue weighted by Crippen LogP contribution is -2.22. The van der Waals surface area contributed by atoms with E-state index in [9.17, 15) is 0 Å². The predicted octanol–water partition coefficient (Wildman–Crippen LogP) is 2.71. The lowest BCUT2D eigenvalue weighted by Gasteiger charge is -2.34. The lowest BCUT2D eigenvalue weighted by atomic mass is 9.74. The summed E-state index contributed by atoms with van der Waals surface area (Å²) < 4.78 is 1.86. The van der Waals surface area contributed by atoms with E-state index in [-0.39, 0.29) is 0 Å². The van der Waals surface area contributed by atoms with E-state index in [0.29, 0.717) is 11.4 Å². The normalized spacial score (nSPS) is 20.6. The third kappa shape index (κ3) is 3.15. The van der Waals surface area contributed by atoms with Crippen LogP contribution in [0.2, 0.25) is 0 Å². The van der Waals surface area contributed by atoms with Crippen LogP contribution in [-0.4, -0.2) is 20.5 Å². The van der Waals surface area contributed by atoms with Crippen LogP contribution in [0.25, 0.3) is 0 Å². The fourth-order valence-electron chi connectivity index (χ4n) is 2.27. The van der Waals surface area contributed by atoms with E-state index < -0.39 is 0 Å². The highest BCUT2D eigenvalue weighted by molar-refractivity contribution is 7.99. The van der Waals surface area contributed by atoms with E-state index in [0.717, 1.165) is 16.8 Å². The maximum Gasteiger partial charge on any atom is 0.222 e. The third-order valence-corrected chi connectivity index (χ3v) is 5.03. The zero-order valence-electron chi connectivity index (χ0n) is 10.9. The van der Waals surface area contributed by atoms with Gasteiger partial charge >= 0.3 is 0 Å². The molecular weight excluding hydrogens is 232 g/mol. The largest absolute Gasteiger partial charge is 0.368 e. The molecule has 2 N–H and O–H groups in total. The van der Waals surface area contributed by atoms with Crippen molar-refractivity contribution in [3.05, 3.63) is 0 Å². The highest BCUT2D eigenvalue weighted by Gasteiger charge is 2.26. The molecule has 1 aliphatic carbocycles. The Labute approximate surface area is 107 Å². The Balaban J connectivity index is 1.82. The molecular formula is C12H22N4S. The van der Waals surface area contributed by atoms with Crippen molar-refractivity contribution in [1.82, 2.24) is 14.8 Å². The molecule has 0 bridgehead atoms. The van der Waals surface area contributed by atoms with Gasteiger partial charge in [0.25, 0.3) is 0 Å². The van der Waals surface area contributed by atoms with E-state index in [1.807, 2.05) is 11.6 Å². The van der Waals surface area contributed by atoms with Crippen molar-refractivity contribution < 1.29 is 0 Å². The van der Waals surface area contributed by atoms with Gasteiger partial charge in [0.05, 0.1) is 0 Å². The van der Waals surface area contributed by atoms with Gasteiger partial charge in [-0.05, 0) is 37.0 Å². The molecule has 0 radical (unpaired) electrons. The number of hydrogen-bond acceptors (Lipinski definition) is 4. The fourth-order valence-corrected chi connectivity index (χ4v) is 3.37. The van der Waals surface area contributed by atoms with Crippen LogP contribution in [0.5, 0.6) is 0 Å². The van der Waals surface area contributed by atoms with Gasteiger partial charge in [-0.2, -0.15) is 0 Å². The summed E-state index contributed by atoms with van der Waals surface area (Å²) in [6.07, 6.45) is 5.37. The van der Waals surface area contributed by atoms with Crippen molar-refractivity contribution in [1.29, 1.82) is 0 Å². The molecule has 96 valence electrons. The molecule has 0 aliphatic heterocycles. The zero-order chi connectivity index (χ0) is 12.5. The van der Waals surface area contributed by atoms with Gasteiger partial charge in [-0.1, -0.05) is 25.6 Å². The van der Waals surface area contributed by atoms with Crippen LogP contribution in [0.15, 0.2) is 5.16 Å². The smallest absolute Gasteiger partial charge is 0.222 e. The molecule has 17 heavy (non-hydrogen) atoms. The molecule has 4 nitrogen and oxygen atoms in total. The van der Waals surface area contributed by atoms with Crippen LogP contribution in [0, 0.1) is 11.3 Å². The second-order valence-electron chi connectivity index (χ2n) is 5.82. The number of nitrogen functional groups attached to an aromatic ring is 1.